The first-order valence-corrected chi connectivity index (χ1v) is 4.23. The molecule has 1 fully saturated rings. The smallest absolute Gasteiger partial charge is 0.0586 e. The highest BCUT2D eigenvalue weighted by molar-refractivity contribution is 4.74. The van der Waals surface area contributed by atoms with E-state index in [1.807, 2.05) is 0 Å². The van der Waals surface area contributed by atoms with E-state index in [0.29, 0.717) is 12.6 Å². The second kappa shape index (κ2) is 3.94. The van der Waals surface area contributed by atoms with Gasteiger partial charge in [0.25, 0.3) is 0 Å². The van der Waals surface area contributed by atoms with Gasteiger partial charge in [0.05, 0.1) is 6.61 Å². The fraction of sp³-hybridized carbons (Fsp3) is 1.00. The summed E-state index contributed by atoms with van der Waals surface area (Å²) in [7, 11) is 0. The van der Waals surface area contributed by atoms with E-state index < -0.39 is 0 Å². The van der Waals surface area contributed by atoms with E-state index in [1.165, 1.54) is 25.8 Å². The quantitative estimate of drug-likeness (QED) is 0.619. The fourth-order valence-electron chi connectivity index (χ4n) is 1.68. The van der Waals surface area contributed by atoms with Gasteiger partial charge in [0.15, 0.2) is 0 Å². The van der Waals surface area contributed by atoms with E-state index in [0.717, 1.165) is 6.54 Å². The molecule has 60 valence electrons. The maximum atomic E-state index is 8.95. The summed E-state index contributed by atoms with van der Waals surface area (Å²) >= 11 is 0. The zero-order valence-corrected chi connectivity index (χ0v) is 6.71. The number of likely N-dealkylation sites (N-methyl/N-ethyl adjacent to an activating group) is 1. The third-order valence-corrected chi connectivity index (χ3v) is 2.37. The molecule has 0 aromatic heterocycles. The maximum Gasteiger partial charge on any atom is 0.0586 e. The molecule has 10 heavy (non-hydrogen) atoms. The van der Waals surface area contributed by atoms with E-state index in [4.69, 9.17) is 5.11 Å². The molecule has 0 bridgehead atoms. The first-order valence-electron chi connectivity index (χ1n) is 4.23. The van der Waals surface area contributed by atoms with Gasteiger partial charge in [-0.3, -0.25) is 4.90 Å². The van der Waals surface area contributed by atoms with Gasteiger partial charge in [-0.2, -0.15) is 0 Å². The molecule has 1 aliphatic rings. The summed E-state index contributed by atoms with van der Waals surface area (Å²) in [6, 6.07) is 0.457. The summed E-state index contributed by atoms with van der Waals surface area (Å²) in [4.78, 5) is 2.36. The Morgan fingerprint density at radius 1 is 1.50 bits per heavy atom. The van der Waals surface area contributed by atoms with Crippen molar-refractivity contribution in [2.24, 2.45) is 0 Å². The molecule has 1 heterocycles. The molecule has 1 saturated heterocycles. The normalized spacial score (nSPS) is 28.8. The van der Waals surface area contributed by atoms with Crippen LogP contribution in [0.3, 0.4) is 0 Å². The molecule has 0 aromatic carbocycles. The van der Waals surface area contributed by atoms with Crippen molar-refractivity contribution in [2.75, 3.05) is 19.7 Å². The van der Waals surface area contributed by atoms with E-state index >= 15 is 0 Å². The molecule has 1 atom stereocenters. The number of aliphatic hydroxyl groups is 1. The lowest BCUT2D eigenvalue weighted by Gasteiger charge is -2.33. The largest absolute Gasteiger partial charge is 0.395 e. The highest BCUT2D eigenvalue weighted by Gasteiger charge is 2.18. The molecule has 0 spiro atoms. The molecule has 0 aromatic rings. The Labute approximate surface area is 62.8 Å². The van der Waals surface area contributed by atoms with Crippen molar-refractivity contribution in [2.45, 2.75) is 32.2 Å². The third-order valence-electron chi connectivity index (χ3n) is 2.37. The van der Waals surface area contributed by atoms with Crippen LogP contribution < -0.4 is 0 Å². The van der Waals surface area contributed by atoms with Crippen molar-refractivity contribution in [1.29, 1.82) is 0 Å². The lowest BCUT2D eigenvalue weighted by atomic mass is 10.0. The molecule has 0 amide bonds. The molecule has 0 unspecified atom stereocenters. The van der Waals surface area contributed by atoms with Gasteiger partial charge in [0.1, 0.15) is 0 Å². The van der Waals surface area contributed by atoms with Gasteiger partial charge in [-0.1, -0.05) is 13.3 Å². The number of likely N-dealkylation sites (tertiary alicyclic amines) is 1. The SMILES string of the molecule is CCN1CCCC[C@@H]1CO. The van der Waals surface area contributed by atoms with Crippen LogP contribution in [0, 0.1) is 0 Å². The second-order valence-electron chi connectivity index (χ2n) is 2.96. The molecule has 1 rings (SSSR count). The summed E-state index contributed by atoms with van der Waals surface area (Å²) in [5, 5.41) is 8.95. The summed E-state index contributed by atoms with van der Waals surface area (Å²) in [6.45, 7) is 4.77. The van der Waals surface area contributed by atoms with Crippen LogP contribution in [-0.2, 0) is 0 Å². The maximum absolute atomic E-state index is 8.95. The van der Waals surface area contributed by atoms with Crippen LogP contribution in [0.25, 0.3) is 0 Å². The van der Waals surface area contributed by atoms with Crippen LogP contribution in [-0.4, -0.2) is 35.7 Å². The minimum absolute atomic E-state index is 0.341. The van der Waals surface area contributed by atoms with Crippen molar-refractivity contribution in [3.05, 3.63) is 0 Å². The Kier molecular flexibility index (Phi) is 3.16. The Morgan fingerprint density at radius 2 is 2.30 bits per heavy atom. The average molecular weight is 143 g/mol. The molecule has 0 saturated carbocycles. The fourth-order valence-corrected chi connectivity index (χ4v) is 1.68. The van der Waals surface area contributed by atoms with E-state index in [2.05, 4.69) is 11.8 Å². The first kappa shape index (κ1) is 8.02. The Bertz CT molecular complexity index is 83.3. The summed E-state index contributed by atoms with van der Waals surface area (Å²) < 4.78 is 0. The number of nitrogens with zero attached hydrogens (tertiary/aromatic N) is 1. The van der Waals surface area contributed by atoms with Gasteiger partial charge in [-0.15, -0.1) is 0 Å². The molecular formula is C8H17NO. The Hall–Kier alpha value is -0.0800. The molecule has 1 aliphatic heterocycles. The highest BCUT2D eigenvalue weighted by Crippen LogP contribution is 2.15. The van der Waals surface area contributed by atoms with Crippen LogP contribution in [0.5, 0.6) is 0 Å². The standard InChI is InChI=1S/C8H17NO/c1-2-9-6-4-3-5-8(9)7-10/h8,10H,2-7H2,1H3/t8-/m1/s1. The van der Waals surface area contributed by atoms with Crippen LogP contribution in [0.4, 0.5) is 0 Å². The van der Waals surface area contributed by atoms with Crippen molar-refractivity contribution in [3.8, 4) is 0 Å². The number of hydrogen-bond donors (Lipinski definition) is 1. The zero-order valence-electron chi connectivity index (χ0n) is 6.71. The van der Waals surface area contributed by atoms with Crippen molar-refractivity contribution >= 4 is 0 Å². The monoisotopic (exact) mass is 143 g/mol. The zero-order chi connectivity index (χ0) is 7.40. The van der Waals surface area contributed by atoms with Crippen molar-refractivity contribution < 1.29 is 5.11 Å². The van der Waals surface area contributed by atoms with Crippen LogP contribution in [0.15, 0.2) is 0 Å². The number of piperidine rings is 1. The Morgan fingerprint density at radius 3 is 2.80 bits per heavy atom. The van der Waals surface area contributed by atoms with Gasteiger partial charge in [0.2, 0.25) is 0 Å². The van der Waals surface area contributed by atoms with Crippen molar-refractivity contribution in [1.82, 2.24) is 4.90 Å². The number of hydrogen-bond acceptors (Lipinski definition) is 2. The van der Waals surface area contributed by atoms with Gasteiger partial charge < -0.3 is 5.11 Å². The van der Waals surface area contributed by atoms with Crippen LogP contribution in [0.1, 0.15) is 26.2 Å². The van der Waals surface area contributed by atoms with E-state index in [9.17, 15) is 0 Å². The molecule has 2 heteroatoms. The second-order valence-corrected chi connectivity index (χ2v) is 2.96. The van der Waals surface area contributed by atoms with Gasteiger partial charge in [-0.05, 0) is 25.9 Å². The molecule has 2 nitrogen and oxygen atoms in total. The summed E-state index contributed by atoms with van der Waals surface area (Å²) in [5.74, 6) is 0. The third kappa shape index (κ3) is 1.70. The topological polar surface area (TPSA) is 23.5 Å². The molecule has 1 N–H and O–H groups in total. The van der Waals surface area contributed by atoms with Gasteiger partial charge in [0, 0.05) is 6.04 Å². The lowest BCUT2D eigenvalue weighted by Crippen LogP contribution is -2.41. The predicted octanol–water partition coefficient (Wildman–Crippen LogP) is 0.853. The average Bonchev–Trinajstić information content (AvgIpc) is 2.04. The van der Waals surface area contributed by atoms with Crippen LogP contribution in [0.2, 0.25) is 0 Å². The van der Waals surface area contributed by atoms with E-state index in [1.54, 1.807) is 0 Å². The lowest BCUT2D eigenvalue weighted by molar-refractivity contribution is 0.0953. The highest BCUT2D eigenvalue weighted by atomic mass is 16.3. The van der Waals surface area contributed by atoms with Crippen molar-refractivity contribution in [3.63, 3.8) is 0 Å². The summed E-state index contributed by atoms with van der Waals surface area (Å²) in [5.41, 5.74) is 0. The summed E-state index contributed by atoms with van der Waals surface area (Å²) in [6.07, 6.45) is 3.79. The predicted molar refractivity (Wildman–Crippen MR) is 42.0 cm³/mol. The minimum Gasteiger partial charge on any atom is -0.395 e. The Balaban J connectivity index is 2.34. The van der Waals surface area contributed by atoms with E-state index in [-0.39, 0.29) is 0 Å². The van der Waals surface area contributed by atoms with Crippen LogP contribution >= 0.6 is 0 Å². The number of rotatable bonds is 2. The van der Waals surface area contributed by atoms with Gasteiger partial charge >= 0.3 is 0 Å². The van der Waals surface area contributed by atoms with Gasteiger partial charge in [-0.25, -0.2) is 0 Å². The molecular weight excluding hydrogens is 126 g/mol. The number of aliphatic hydroxyl groups excluding tert-OH is 1. The molecule has 0 radical (unpaired) electrons. The molecule has 0 aliphatic carbocycles. The first-order chi connectivity index (χ1) is 4.88. The minimum atomic E-state index is 0.341.